The molecule has 156 valence electrons. The molecule has 0 bridgehead atoms. The number of methoxy groups -OCH3 is 2. The van der Waals surface area contributed by atoms with E-state index in [1.807, 2.05) is 37.3 Å². The lowest BCUT2D eigenvalue weighted by Gasteiger charge is -2.14. The van der Waals surface area contributed by atoms with Crippen molar-refractivity contribution in [1.29, 1.82) is 0 Å². The number of benzene rings is 2. The van der Waals surface area contributed by atoms with E-state index in [2.05, 4.69) is 15.3 Å². The molecule has 30 heavy (non-hydrogen) atoms. The number of hydrogen-bond donors (Lipinski definition) is 3. The normalized spacial score (nSPS) is 11.6. The van der Waals surface area contributed by atoms with Crippen molar-refractivity contribution < 1.29 is 19.4 Å². The first kappa shape index (κ1) is 20.9. The Balaban J connectivity index is 1.86. The Morgan fingerprint density at radius 2 is 1.87 bits per heavy atom. The fourth-order valence-electron chi connectivity index (χ4n) is 3.10. The number of para-hydroxylation sites is 1. The number of rotatable bonds is 7. The van der Waals surface area contributed by atoms with Crippen molar-refractivity contribution in [3.63, 3.8) is 0 Å². The summed E-state index contributed by atoms with van der Waals surface area (Å²) in [4.78, 5) is 31.7. The van der Waals surface area contributed by atoms with Gasteiger partial charge in [0.1, 0.15) is 5.82 Å². The highest BCUT2D eigenvalue weighted by Gasteiger charge is 2.21. The number of nitrogens with one attached hydrogen (secondary N) is 2. The highest BCUT2D eigenvalue weighted by molar-refractivity contribution is 5.94. The van der Waals surface area contributed by atoms with Crippen molar-refractivity contribution in [3.8, 4) is 17.2 Å². The number of H-pyrrole nitrogens is 1. The van der Waals surface area contributed by atoms with Crippen LogP contribution in [0, 0.1) is 0 Å². The molecule has 2 aromatic carbocycles. The number of aromatic nitrogens is 2. The minimum Gasteiger partial charge on any atom is -0.501 e. The zero-order valence-corrected chi connectivity index (χ0v) is 16.9. The summed E-state index contributed by atoms with van der Waals surface area (Å²) in [7, 11) is 3.03. The summed E-state index contributed by atoms with van der Waals surface area (Å²) >= 11 is 0. The van der Waals surface area contributed by atoms with Crippen LogP contribution in [0.1, 0.15) is 40.3 Å². The minimum absolute atomic E-state index is 0.0939. The Labute approximate surface area is 173 Å². The van der Waals surface area contributed by atoms with Crippen molar-refractivity contribution >= 4 is 5.91 Å². The molecule has 3 rings (SSSR count). The van der Waals surface area contributed by atoms with Gasteiger partial charge in [-0.1, -0.05) is 49.4 Å². The maximum absolute atomic E-state index is 12.7. The fourth-order valence-corrected chi connectivity index (χ4v) is 3.10. The molecule has 3 N–H and O–H groups in total. The molecule has 0 aliphatic rings. The SMILES string of the molecule is COc1cccc(CNC(=O)c2nc(C(C)c3ccccc3)[nH]c(=O)c2O)c1OC. The molecule has 1 unspecified atom stereocenters. The second-order valence-corrected chi connectivity index (χ2v) is 6.62. The second kappa shape index (κ2) is 9.13. The van der Waals surface area contributed by atoms with Crippen LogP contribution in [0.4, 0.5) is 0 Å². The Morgan fingerprint density at radius 1 is 1.13 bits per heavy atom. The van der Waals surface area contributed by atoms with Gasteiger partial charge in [0.15, 0.2) is 17.2 Å². The quantitative estimate of drug-likeness (QED) is 0.553. The maximum Gasteiger partial charge on any atom is 0.293 e. The monoisotopic (exact) mass is 409 g/mol. The van der Waals surface area contributed by atoms with Gasteiger partial charge in [-0.15, -0.1) is 0 Å². The molecule has 1 amide bonds. The Hall–Kier alpha value is -3.81. The van der Waals surface area contributed by atoms with Crippen LogP contribution < -0.4 is 20.3 Å². The standard InChI is InChI=1S/C22H23N3O5/c1-13(14-8-5-4-6-9-14)20-24-17(18(26)22(28)25-20)21(27)23-12-15-10-7-11-16(29-2)19(15)30-3/h4-11,13,26H,12H2,1-3H3,(H,23,27)(H,24,25,28). The van der Waals surface area contributed by atoms with Crippen LogP contribution in [-0.2, 0) is 6.54 Å². The van der Waals surface area contributed by atoms with Crippen LogP contribution in [0.3, 0.4) is 0 Å². The molecule has 1 atom stereocenters. The largest absolute Gasteiger partial charge is 0.501 e. The van der Waals surface area contributed by atoms with Gasteiger partial charge in [-0.25, -0.2) is 4.98 Å². The van der Waals surface area contributed by atoms with Crippen LogP contribution in [-0.4, -0.2) is 35.2 Å². The van der Waals surface area contributed by atoms with Crippen LogP contribution in [0.25, 0.3) is 0 Å². The number of aromatic hydroxyl groups is 1. The van der Waals surface area contributed by atoms with E-state index in [0.29, 0.717) is 17.1 Å². The summed E-state index contributed by atoms with van der Waals surface area (Å²) in [5.41, 5.74) is 0.483. The summed E-state index contributed by atoms with van der Waals surface area (Å²) < 4.78 is 10.6. The minimum atomic E-state index is -0.771. The molecule has 1 aromatic heterocycles. The van der Waals surface area contributed by atoms with E-state index in [9.17, 15) is 14.7 Å². The van der Waals surface area contributed by atoms with Gasteiger partial charge in [0.05, 0.1) is 14.2 Å². The van der Waals surface area contributed by atoms with E-state index in [4.69, 9.17) is 9.47 Å². The van der Waals surface area contributed by atoms with E-state index in [0.717, 1.165) is 5.56 Å². The van der Waals surface area contributed by atoms with Gasteiger partial charge in [-0.2, -0.15) is 0 Å². The Morgan fingerprint density at radius 3 is 2.53 bits per heavy atom. The molecule has 3 aromatic rings. The number of hydrogen-bond acceptors (Lipinski definition) is 6. The molecule has 0 saturated heterocycles. The van der Waals surface area contributed by atoms with Crippen LogP contribution in [0.2, 0.25) is 0 Å². The van der Waals surface area contributed by atoms with Crippen LogP contribution in [0.5, 0.6) is 17.2 Å². The van der Waals surface area contributed by atoms with E-state index >= 15 is 0 Å². The lowest BCUT2D eigenvalue weighted by Crippen LogP contribution is -2.27. The molecule has 0 aliphatic heterocycles. The number of carbonyl (C=O) groups is 1. The average Bonchev–Trinajstić information content (AvgIpc) is 2.78. The molecular formula is C22H23N3O5. The molecule has 8 nitrogen and oxygen atoms in total. The highest BCUT2D eigenvalue weighted by Crippen LogP contribution is 2.30. The molecule has 0 aliphatic carbocycles. The van der Waals surface area contributed by atoms with E-state index in [1.165, 1.54) is 14.2 Å². The molecule has 0 fully saturated rings. The van der Waals surface area contributed by atoms with Gasteiger partial charge in [0.25, 0.3) is 11.5 Å². The second-order valence-electron chi connectivity index (χ2n) is 6.62. The Bertz CT molecular complexity index is 1100. The third-order valence-electron chi connectivity index (χ3n) is 4.76. The zero-order chi connectivity index (χ0) is 21.7. The van der Waals surface area contributed by atoms with Crippen molar-refractivity contribution in [2.24, 2.45) is 0 Å². The predicted octanol–water partition coefficient (Wildman–Crippen LogP) is 2.57. The summed E-state index contributed by atoms with van der Waals surface area (Å²) in [6, 6.07) is 14.7. The van der Waals surface area contributed by atoms with Crippen molar-refractivity contribution in [2.45, 2.75) is 19.4 Å². The first-order valence-corrected chi connectivity index (χ1v) is 9.32. The van der Waals surface area contributed by atoms with Gasteiger partial charge in [-0.3, -0.25) is 9.59 Å². The van der Waals surface area contributed by atoms with E-state index in [-0.39, 0.29) is 24.0 Å². The summed E-state index contributed by atoms with van der Waals surface area (Å²) in [5, 5.41) is 12.8. The topological polar surface area (TPSA) is 114 Å². The number of nitrogens with zero attached hydrogens (tertiary/aromatic N) is 1. The van der Waals surface area contributed by atoms with Gasteiger partial charge < -0.3 is 24.9 Å². The highest BCUT2D eigenvalue weighted by atomic mass is 16.5. The average molecular weight is 409 g/mol. The molecule has 0 spiro atoms. The number of aromatic amines is 1. The summed E-state index contributed by atoms with van der Waals surface area (Å²) in [6.07, 6.45) is 0. The van der Waals surface area contributed by atoms with Crippen LogP contribution >= 0.6 is 0 Å². The number of amides is 1. The van der Waals surface area contributed by atoms with Crippen molar-refractivity contribution in [3.05, 3.63) is 81.5 Å². The lowest BCUT2D eigenvalue weighted by molar-refractivity contribution is 0.0941. The fraction of sp³-hybridized carbons (Fsp3) is 0.227. The lowest BCUT2D eigenvalue weighted by atomic mass is 10.0. The summed E-state index contributed by atoms with van der Waals surface area (Å²) in [6.45, 7) is 1.95. The van der Waals surface area contributed by atoms with Gasteiger partial charge in [0.2, 0.25) is 5.75 Å². The van der Waals surface area contributed by atoms with Gasteiger partial charge >= 0.3 is 0 Å². The first-order valence-electron chi connectivity index (χ1n) is 9.32. The Kier molecular flexibility index (Phi) is 6.36. The third-order valence-corrected chi connectivity index (χ3v) is 4.76. The van der Waals surface area contributed by atoms with Crippen molar-refractivity contribution in [1.82, 2.24) is 15.3 Å². The molecule has 8 heteroatoms. The number of carbonyl (C=O) groups excluding carboxylic acids is 1. The predicted molar refractivity (Wildman–Crippen MR) is 111 cm³/mol. The van der Waals surface area contributed by atoms with E-state index in [1.54, 1.807) is 18.2 Å². The molecule has 1 heterocycles. The third kappa shape index (κ3) is 4.27. The van der Waals surface area contributed by atoms with E-state index < -0.39 is 17.2 Å². The van der Waals surface area contributed by atoms with Crippen LogP contribution in [0.15, 0.2) is 53.3 Å². The number of ether oxygens (including phenoxy) is 2. The smallest absolute Gasteiger partial charge is 0.293 e. The zero-order valence-electron chi connectivity index (χ0n) is 16.9. The maximum atomic E-state index is 12.7. The molecule has 0 radical (unpaired) electrons. The molecule has 0 saturated carbocycles. The molecular weight excluding hydrogens is 386 g/mol. The van der Waals surface area contributed by atoms with Gasteiger partial charge in [-0.05, 0) is 11.6 Å². The first-order chi connectivity index (χ1) is 14.5. The van der Waals surface area contributed by atoms with Crippen molar-refractivity contribution in [2.75, 3.05) is 14.2 Å². The van der Waals surface area contributed by atoms with Gasteiger partial charge in [0, 0.05) is 18.0 Å². The summed E-state index contributed by atoms with van der Waals surface area (Å²) in [5.74, 6) is -0.376.